The number of aryl methyl sites for hydroxylation is 1. The van der Waals surface area contributed by atoms with Gasteiger partial charge >= 0.3 is 0 Å². The third-order valence-corrected chi connectivity index (χ3v) is 2.85. The number of hydrogen-bond donors (Lipinski definition) is 1. The van der Waals surface area contributed by atoms with Crippen LogP contribution >= 0.6 is 0 Å². The van der Waals surface area contributed by atoms with E-state index in [2.05, 4.69) is 25.6 Å². The molecule has 3 aromatic rings. The van der Waals surface area contributed by atoms with Crippen LogP contribution in [0.2, 0.25) is 0 Å². The van der Waals surface area contributed by atoms with Gasteiger partial charge in [-0.2, -0.15) is 0 Å². The number of benzene rings is 1. The van der Waals surface area contributed by atoms with Gasteiger partial charge < -0.3 is 5.32 Å². The Labute approximate surface area is 120 Å². The lowest BCUT2D eigenvalue weighted by Crippen LogP contribution is -2.12. The average molecular weight is 280 g/mol. The summed E-state index contributed by atoms with van der Waals surface area (Å²) in [4.78, 5) is 20.0. The van der Waals surface area contributed by atoms with E-state index in [1.807, 2.05) is 24.3 Å². The minimum Gasteiger partial charge on any atom is -0.321 e. The van der Waals surface area contributed by atoms with E-state index in [9.17, 15) is 4.79 Å². The highest BCUT2D eigenvalue weighted by Crippen LogP contribution is 2.21. The fraction of sp³-hybridized carbons (Fsp3) is 0.0714. The third-order valence-electron chi connectivity index (χ3n) is 2.85. The molecule has 104 valence electrons. The quantitative estimate of drug-likeness (QED) is 0.786. The van der Waals surface area contributed by atoms with Crippen molar-refractivity contribution >= 4 is 11.6 Å². The molecule has 1 N–H and O–H groups in total. The molecule has 0 unspecified atom stereocenters. The molecule has 2 aromatic heterocycles. The lowest BCUT2D eigenvalue weighted by molar-refractivity contribution is 0.102. The maximum absolute atomic E-state index is 12.0. The smallest absolute Gasteiger partial charge is 0.277 e. The van der Waals surface area contributed by atoms with Crippen LogP contribution in [0.1, 0.15) is 10.5 Å². The molecule has 0 aliphatic heterocycles. The highest BCUT2D eigenvalue weighted by atomic mass is 16.2. The number of rotatable bonds is 3. The monoisotopic (exact) mass is 280 g/mol. The molecule has 0 atom stereocenters. The van der Waals surface area contributed by atoms with E-state index in [0.29, 0.717) is 5.69 Å². The summed E-state index contributed by atoms with van der Waals surface area (Å²) in [5, 5.41) is 10.3. The first-order chi connectivity index (χ1) is 10.2. The van der Waals surface area contributed by atoms with Gasteiger partial charge in [0.25, 0.3) is 5.91 Å². The molecule has 0 saturated carbocycles. The van der Waals surface area contributed by atoms with Crippen LogP contribution in [0.5, 0.6) is 0 Å². The number of carbonyl (C=O) groups excluding carboxylic acids is 1. The van der Waals surface area contributed by atoms with Crippen LogP contribution in [0, 0.1) is 0 Å². The summed E-state index contributed by atoms with van der Waals surface area (Å²) < 4.78 is 1.48. The molecule has 0 bridgehead atoms. The zero-order chi connectivity index (χ0) is 14.7. The molecule has 0 spiro atoms. The average Bonchev–Trinajstić information content (AvgIpc) is 2.95. The second-order valence-corrected chi connectivity index (χ2v) is 4.44. The molecule has 1 aromatic carbocycles. The molecular formula is C14H12N6O. The fourth-order valence-electron chi connectivity index (χ4n) is 1.87. The minimum atomic E-state index is -0.301. The molecule has 0 aliphatic rings. The molecule has 7 heteroatoms. The molecule has 0 saturated heterocycles. The van der Waals surface area contributed by atoms with Crippen LogP contribution in [0.25, 0.3) is 11.1 Å². The molecule has 1 amide bonds. The van der Waals surface area contributed by atoms with E-state index in [4.69, 9.17) is 0 Å². The molecule has 0 aliphatic carbocycles. The highest BCUT2D eigenvalue weighted by Gasteiger charge is 2.10. The van der Waals surface area contributed by atoms with Crippen molar-refractivity contribution in [2.45, 2.75) is 0 Å². The summed E-state index contributed by atoms with van der Waals surface area (Å²) in [6, 6.07) is 7.44. The number of amides is 1. The normalized spacial score (nSPS) is 10.3. The van der Waals surface area contributed by atoms with Gasteiger partial charge in [-0.05, 0) is 17.7 Å². The summed E-state index contributed by atoms with van der Waals surface area (Å²) in [5.74, 6) is -0.301. The van der Waals surface area contributed by atoms with Gasteiger partial charge in [-0.1, -0.05) is 17.3 Å². The van der Waals surface area contributed by atoms with Crippen LogP contribution < -0.4 is 5.32 Å². The molecule has 2 heterocycles. The van der Waals surface area contributed by atoms with Crippen molar-refractivity contribution in [3.8, 4) is 11.1 Å². The van der Waals surface area contributed by atoms with Crippen LogP contribution in [-0.2, 0) is 7.05 Å². The topological polar surface area (TPSA) is 85.6 Å². The fourth-order valence-corrected chi connectivity index (χ4v) is 1.87. The Morgan fingerprint density at radius 3 is 2.71 bits per heavy atom. The predicted molar refractivity (Wildman–Crippen MR) is 76.4 cm³/mol. The Balaban J connectivity index is 1.82. The Bertz CT molecular complexity index is 768. The molecule has 0 radical (unpaired) electrons. The van der Waals surface area contributed by atoms with E-state index in [-0.39, 0.29) is 11.6 Å². The van der Waals surface area contributed by atoms with E-state index < -0.39 is 0 Å². The first-order valence-electron chi connectivity index (χ1n) is 6.25. The largest absolute Gasteiger partial charge is 0.321 e. The summed E-state index contributed by atoms with van der Waals surface area (Å²) in [5.41, 5.74) is 2.75. The SMILES string of the molecule is Cn1cc(C(=O)Nc2cccc(-c3cncnc3)c2)nn1. The van der Waals surface area contributed by atoms with Crippen molar-refractivity contribution in [3.63, 3.8) is 0 Å². The van der Waals surface area contributed by atoms with Gasteiger partial charge in [0.2, 0.25) is 0 Å². The highest BCUT2D eigenvalue weighted by molar-refractivity contribution is 6.02. The van der Waals surface area contributed by atoms with E-state index in [1.165, 1.54) is 11.0 Å². The van der Waals surface area contributed by atoms with Crippen molar-refractivity contribution in [1.82, 2.24) is 25.0 Å². The standard InChI is InChI=1S/C14H12N6O/c1-20-8-13(18-19-20)14(21)17-12-4-2-3-10(5-12)11-6-15-9-16-7-11/h2-9H,1H3,(H,17,21). The lowest BCUT2D eigenvalue weighted by atomic mass is 10.1. The summed E-state index contributed by atoms with van der Waals surface area (Å²) in [6.45, 7) is 0. The number of hydrogen-bond acceptors (Lipinski definition) is 5. The molecular weight excluding hydrogens is 268 g/mol. The maximum Gasteiger partial charge on any atom is 0.277 e. The number of aromatic nitrogens is 5. The second kappa shape index (κ2) is 5.49. The second-order valence-electron chi connectivity index (χ2n) is 4.44. The number of nitrogens with one attached hydrogen (secondary N) is 1. The van der Waals surface area contributed by atoms with Crippen molar-refractivity contribution in [3.05, 3.63) is 54.9 Å². The number of carbonyl (C=O) groups is 1. The maximum atomic E-state index is 12.0. The Morgan fingerprint density at radius 1 is 1.19 bits per heavy atom. The van der Waals surface area contributed by atoms with Crippen LogP contribution in [0.4, 0.5) is 5.69 Å². The minimum absolute atomic E-state index is 0.269. The Kier molecular flexibility index (Phi) is 3.38. The number of nitrogens with zero attached hydrogens (tertiary/aromatic N) is 5. The van der Waals surface area contributed by atoms with Crippen molar-refractivity contribution in [2.75, 3.05) is 5.32 Å². The van der Waals surface area contributed by atoms with Crippen molar-refractivity contribution < 1.29 is 4.79 Å². The summed E-state index contributed by atoms with van der Waals surface area (Å²) in [7, 11) is 1.71. The molecule has 21 heavy (non-hydrogen) atoms. The third kappa shape index (κ3) is 2.92. The van der Waals surface area contributed by atoms with Crippen LogP contribution in [0.15, 0.2) is 49.2 Å². The van der Waals surface area contributed by atoms with Gasteiger partial charge in [-0.15, -0.1) is 5.10 Å². The van der Waals surface area contributed by atoms with Crippen LogP contribution in [0.3, 0.4) is 0 Å². The van der Waals surface area contributed by atoms with E-state index in [0.717, 1.165) is 11.1 Å². The molecule has 0 fully saturated rings. The Morgan fingerprint density at radius 2 is 2.00 bits per heavy atom. The first-order valence-corrected chi connectivity index (χ1v) is 6.25. The van der Waals surface area contributed by atoms with Gasteiger partial charge in [0.1, 0.15) is 6.33 Å². The van der Waals surface area contributed by atoms with E-state index >= 15 is 0 Å². The Hall–Kier alpha value is -3.09. The van der Waals surface area contributed by atoms with Gasteiger partial charge in [0, 0.05) is 30.7 Å². The lowest BCUT2D eigenvalue weighted by Gasteiger charge is -2.05. The van der Waals surface area contributed by atoms with Gasteiger partial charge in [-0.3, -0.25) is 9.48 Å². The van der Waals surface area contributed by atoms with Crippen molar-refractivity contribution in [2.24, 2.45) is 7.05 Å². The predicted octanol–water partition coefficient (Wildman–Crippen LogP) is 1.52. The summed E-state index contributed by atoms with van der Waals surface area (Å²) >= 11 is 0. The van der Waals surface area contributed by atoms with Crippen molar-refractivity contribution in [1.29, 1.82) is 0 Å². The van der Waals surface area contributed by atoms with Gasteiger partial charge in [0.05, 0.1) is 6.20 Å². The zero-order valence-electron chi connectivity index (χ0n) is 11.3. The van der Waals surface area contributed by atoms with Gasteiger partial charge in [-0.25, -0.2) is 9.97 Å². The first kappa shape index (κ1) is 12.9. The molecule has 3 rings (SSSR count). The zero-order valence-corrected chi connectivity index (χ0v) is 11.3. The number of anilines is 1. The molecule has 7 nitrogen and oxygen atoms in total. The van der Waals surface area contributed by atoms with Gasteiger partial charge in [0.15, 0.2) is 5.69 Å². The van der Waals surface area contributed by atoms with E-state index in [1.54, 1.807) is 25.6 Å². The van der Waals surface area contributed by atoms with Crippen LogP contribution in [-0.4, -0.2) is 30.9 Å². The summed E-state index contributed by atoms with van der Waals surface area (Å²) in [6.07, 6.45) is 6.47.